The number of hydrogen-bond donors (Lipinski definition) is 0. The number of rotatable bonds is 7. The SMILES string of the molecule is O=c1c2ccccc2nnn1OCCCN1CCN(Cc2cccs2)CC1. The van der Waals surface area contributed by atoms with E-state index in [-0.39, 0.29) is 5.56 Å². The second-order valence-corrected chi connectivity index (χ2v) is 7.70. The van der Waals surface area contributed by atoms with Gasteiger partial charge in [0.2, 0.25) is 0 Å². The predicted molar refractivity (Wildman–Crippen MR) is 106 cm³/mol. The fourth-order valence-electron chi connectivity index (χ4n) is 3.29. The maximum absolute atomic E-state index is 12.3. The summed E-state index contributed by atoms with van der Waals surface area (Å²) in [5.41, 5.74) is 0.325. The van der Waals surface area contributed by atoms with E-state index in [0.717, 1.165) is 50.5 Å². The number of thiophene rings is 1. The lowest BCUT2D eigenvalue weighted by Crippen LogP contribution is -2.46. The van der Waals surface area contributed by atoms with Crippen LogP contribution in [0.5, 0.6) is 0 Å². The standard InChI is InChI=1S/C19H23N5O2S/c25-19-17-6-1-2-7-18(17)20-21-24(19)26-13-4-8-22-9-11-23(12-10-22)15-16-5-3-14-27-16/h1-3,5-7,14H,4,8-13,15H2. The number of benzene rings is 1. The Morgan fingerprint density at radius 2 is 1.85 bits per heavy atom. The smallest absolute Gasteiger partial charge is 0.314 e. The quantitative estimate of drug-likeness (QED) is 0.574. The predicted octanol–water partition coefficient (Wildman–Crippen LogP) is 1.49. The van der Waals surface area contributed by atoms with Crippen LogP contribution in [0, 0.1) is 0 Å². The Morgan fingerprint density at radius 3 is 2.67 bits per heavy atom. The first-order valence-corrected chi connectivity index (χ1v) is 10.1. The van der Waals surface area contributed by atoms with E-state index in [1.165, 1.54) is 4.88 Å². The molecule has 0 N–H and O–H groups in total. The summed E-state index contributed by atoms with van der Waals surface area (Å²) >= 11 is 1.82. The van der Waals surface area contributed by atoms with Crippen molar-refractivity contribution in [3.8, 4) is 0 Å². The Labute approximate surface area is 161 Å². The molecule has 0 amide bonds. The molecule has 0 saturated carbocycles. The lowest BCUT2D eigenvalue weighted by atomic mass is 10.2. The topological polar surface area (TPSA) is 63.5 Å². The van der Waals surface area contributed by atoms with Gasteiger partial charge in [-0.3, -0.25) is 9.69 Å². The van der Waals surface area contributed by atoms with Gasteiger partial charge in [0, 0.05) is 44.1 Å². The van der Waals surface area contributed by atoms with Crippen molar-refractivity contribution < 1.29 is 4.84 Å². The highest BCUT2D eigenvalue weighted by Gasteiger charge is 2.17. The molecule has 3 aromatic rings. The minimum atomic E-state index is -0.261. The lowest BCUT2D eigenvalue weighted by Gasteiger charge is -2.34. The van der Waals surface area contributed by atoms with E-state index in [9.17, 15) is 4.79 Å². The van der Waals surface area contributed by atoms with Crippen molar-refractivity contribution >= 4 is 22.2 Å². The summed E-state index contributed by atoms with van der Waals surface area (Å²) in [5, 5.41) is 10.5. The molecule has 1 aliphatic rings. The Hall–Kier alpha value is -2.29. The van der Waals surface area contributed by atoms with Crippen LogP contribution in [0.4, 0.5) is 0 Å². The first-order valence-electron chi connectivity index (χ1n) is 9.25. The van der Waals surface area contributed by atoms with Crippen molar-refractivity contribution in [3.05, 3.63) is 57.0 Å². The maximum Gasteiger partial charge on any atom is 0.314 e. The summed E-state index contributed by atoms with van der Waals surface area (Å²) in [6, 6.07) is 11.5. The van der Waals surface area contributed by atoms with Crippen LogP contribution in [0.1, 0.15) is 11.3 Å². The van der Waals surface area contributed by atoms with Gasteiger partial charge < -0.3 is 9.74 Å². The molecule has 27 heavy (non-hydrogen) atoms. The first kappa shape index (κ1) is 18.1. The van der Waals surface area contributed by atoms with Gasteiger partial charge in [-0.2, -0.15) is 0 Å². The van der Waals surface area contributed by atoms with E-state index in [1.54, 1.807) is 12.1 Å². The van der Waals surface area contributed by atoms with Crippen LogP contribution in [-0.2, 0) is 6.54 Å². The van der Waals surface area contributed by atoms with Crippen LogP contribution in [0.2, 0.25) is 0 Å². The Bertz CT molecular complexity index is 919. The third-order valence-electron chi connectivity index (χ3n) is 4.80. The van der Waals surface area contributed by atoms with Crippen LogP contribution >= 0.6 is 11.3 Å². The van der Waals surface area contributed by atoms with Gasteiger partial charge in [-0.1, -0.05) is 18.2 Å². The maximum atomic E-state index is 12.3. The van der Waals surface area contributed by atoms with Crippen molar-refractivity contribution in [1.82, 2.24) is 25.0 Å². The summed E-state index contributed by atoms with van der Waals surface area (Å²) in [6.45, 7) is 6.79. The van der Waals surface area contributed by atoms with Gasteiger partial charge in [-0.05, 0) is 40.1 Å². The van der Waals surface area contributed by atoms with Crippen LogP contribution in [0.3, 0.4) is 0 Å². The molecule has 1 aliphatic heterocycles. The van der Waals surface area contributed by atoms with Crippen LogP contribution in [0.15, 0.2) is 46.6 Å². The number of hydrogen-bond acceptors (Lipinski definition) is 7. The molecule has 7 nitrogen and oxygen atoms in total. The fraction of sp³-hybridized carbons (Fsp3) is 0.421. The van der Waals surface area contributed by atoms with Gasteiger partial charge in [0.05, 0.1) is 5.39 Å². The van der Waals surface area contributed by atoms with Crippen LogP contribution in [-0.4, -0.2) is 64.3 Å². The number of aromatic nitrogens is 3. The van der Waals surface area contributed by atoms with Gasteiger partial charge >= 0.3 is 5.56 Å². The van der Waals surface area contributed by atoms with Crippen molar-refractivity contribution in [1.29, 1.82) is 0 Å². The molecule has 1 aromatic carbocycles. The largest absolute Gasteiger partial charge is 0.392 e. The average Bonchev–Trinajstić information content (AvgIpc) is 3.21. The van der Waals surface area contributed by atoms with Gasteiger partial charge in [-0.15, -0.1) is 16.4 Å². The molecule has 0 atom stereocenters. The highest BCUT2D eigenvalue weighted by molar-refractivity contribution is 7.09. The van der Waals surface area contributed by atoms with E-state index in [1.807, 2.05) is 23.5 Å². The molecule has 0 spiro atoms. The summed E-state index contributed by atoms with van der Waals surface area (Å²) < 4.78 is 0. The second kappa shape index (κ2) is 8.60. The van der Waals surface area contributed by atoms with Crippen molar-refractivity contribution in [2.45, 2.75) is 13.0 Å². The fourth-order valence-corrected chi connectivity index (χ4v) is 4.04. The molecule has 0 bridgehead atoms. The zero-order valence-corrected chi connectivity index (χ0v) is 16.0. The molecule has 142 valence electrons. The number of nitrogens with zero attached hydrogens (tertiary/aromatic N) is 5. The third kappa shape index (κ3) is 4.52. The summed E-state index contributed by atoms with van der Waals surface area (Å²) in [4.78, 5) is 25.2. The number of piperazine rings is 1. The number of fused-ring (bicyclic) bond motifs is 1. The molecule has 0 radical (unpaired) electrons. The van der Waals surface area contributed by atoms with E-state index < -0.39 is 0 Å². The normalized spacial score (nSPS) is 16.0. The van der Waals surface area contributed by atoms with E-state index in [2.05, 4.69) is 37.6 Å². The van der Waals surface area contributed by atoms with Gasteiger partial charge in [-0.25, -0.2) is 0 Å². The van der Waals surface area contributed by atoms with Crippen molar-refractivity contribution in [3.63, 3.8) is 0 Å². The average molecular weight is 385 g/mol. The molecule has 2 aromatic heterocycles. The first-order chi connectivity index (χ1) is 13.3. The van der Waals surface area contributed by atoms with Crippen LogP contribution in [0.25, 0.3) is 10.9 Å². The van der Waals surface area contributed by atoms with Crippen molar-refractivity contribution in [2.75, 3.05) is 39.3 Å². The lowest BCUT2D eigenvalue weighted by molar-refractivity contribution is 0.0546. The molecule has 0 aliphatic carbocycles. The zero-order valence-electron chi connectivity index (χ0n) is 15.2. The summed E-state index contributed by atoms with van der Waals surface area (Å²) in [5.74, 6) is 0. The van der Waals surface area contributed by atoms with Crippen molar-refractivity contribution in [2.24, 2.45) is 0 Å². The Balaban J connectivity index is 1.20. The van der Waals surface area contributed by atoms with Crippen LogP contribution < -0.4 is 10.4 Å². The Kier molecular flexibility index (Phi) is 5.76. The Morgan fingerprint density at radius 1 is 1.04 bits per heavy atom. The third-order valence-corrected chi connectivity index (χ3v) is 5.66. The van der Waals surface area contributed by atoms with E-state index in [4.69, 9.17) is 4.84 Å². The summed E-state index contributed by atoms with van der Waals surface area (Å²) in [7, 11) is 0. The molecular weight excluding hydrogens is 362 g/mol. The molecular formula is C19H23N5O2S. The zero-order chi connectivity index (χ0) is 18.5. The van der Waals surface area contributed by atoms with Gasteiger partial charge in [0.15, 0.2) is 0 Å². The molecule has 1 fully saturated rings. The minimum Gasteiger partial charge on any atom is -0.392 e. The molecule has 3 heterocycles. The molecule has 4 rings (SSSR count). The monoisotopic (exact) mass is 385 g/mol. The highest BCUT2D eigenvalue weighted by atomic mass is 32.1. The van der Waals surface area contributed by atoms with E-state index in [0.29, 0.717) is 17.5 Å². The molecule has 0 unspecified atom stereocenters. The minimum absolute atomic E-state index is 0.261. The molecule has 1 saturated heterocycles. The molecule has 8 heteroatoms. The summed E-state index contributed by atoms with van der Waals surface area (Å²) in [6.07, 6.45) is 0.853. The van der Waals surface area contributed by atoms with Gasteiger partial charge in [0.1, 0.15) is 12.1 Å². The highest BCUT2D eigenvalue weighted by Crippen LogP contribution is 2.13. The van der Waals surface area contributed by atoms with E-state index >= 15 is 0 Å². The van der Waals surface area contributed by atoms with Gasteiger partial charge in [0.25, 0.3) is 0 Å². The second-order valence-electron chi connectivity index (χ2n) is 6.67.